The zero-order chi connectivity index (χ0) is 13.2. The van der Waals surface area contributed by atoms with Crippen molar-refractivity contribution in [3.8, 4) is 0 Å². The number of piperidine rings is 1. The third kappa shape index (κ3) is 2.33. The quantitative estimate of drug-likeness (QED) is 0.782. The number of pyridine rings is 1. The maximum Gasteiger partial charge on any atom is 0.219 e. The van der Waals surface area contributed by atoms with Crippen molar-refractivity contribution in [3.63, 3.8) is 0 Å². The SMILES string of the molecule is CC(=O)N1CCCC[C@@H]1c1cnc2ccccc2c1. The highest BCUT2D eigenvalue weighted by Crippen LogP contribution is 2.31. The molecule has 0 bridgehead atoms. The van der Waals surface area contributed by atoms with Crippen LogP contribution in [-0.2, 0) is 4.79 Å². The van der Waals surface area contributed by atoms with Gasteiger partial charge in [-0.05, 0) is 37.0 Å². The third-order valence-electron chi connectivity index (χ3n) is 3.90. The fourth-order valence-corrected chi connectivity index (χ4v) is 2.93. The predicted octanol–water partition coefficient (Wildman–Crippen LogP) is 3.31. The minimum absolute atomic E-state index is 0.165. The average molecular weight is 254 g/mol. The van der Waals surface area contributed by atoms with Crippen LogP contribution in [0.25, 0.3) is 10.9 Å². The Morgan fingerprint density at radius 3 is 3.00 bits per heavy atom. The van der Waals surface area contributed by atoms with E-state index in [0.717, 1.165) is 35.9 Å². The molecule has 0 radical (unpaired) electrons. The van der Waals surface area contributed by atoms with E-state index >= 15 is 0 Å². The number of fused-ring (bicyclic) bond motifs is 1. The van der Waals surface area contributed by atoms with Crippen molar-refractivity contribution in [2.45, 2.75) is 32.2 Å². The summed E-state index contributed by atoms with van der Waals surface area (Å²) in [5.41, 5.74) is 2.17. The molecule has 3 nitrogen and oxygen atoms in total. The van der Waals surface area contributed by atoms with Gasteiger partial charge in [0, 0.05) is 25.1 Å². The molecule has 0 unspecified atom stereocenters. The summed E-state index contributed by atoms with van der Waals surface area (Å²) in [7, 11) is 0. The second-order valence-corrected chi connectivity index (χ2v) is 5.19. The van der Waals surface area contributed by atoms with Crippen molar-refractivity contribution < 1.29 is 4.79 Å². The molecule has 1 aliphatic heterocycles. The van der Waals surface area contributed by atoms with Crippen molar-refractivity contribution in [1.29, 1.82) is 0 Å². The maximum atomic E-state index is 11.8. The number of hydrogen-bond donors (Lipinski definition) is 0. The van der Waals surface area contributed by atoms with Crippen LogP contribution in [0, 0.1) is 0 Å². The van der Waals surface area contributed by atoms with Crippen molar-refractivity contribution >= 4 is 16.8 Å². The van der Waals surface area contributed by atoms with Crippen LogP contribution in [0.1, 0.15) is 37.8 Å². The van der Waals surface area contributed by atoms with Gasteiger partial charge in [0.25, 0.3) is 0 Å². The summed E-state index contributed by atoms with van der Waals surface area (Å²) in [5.74, 6) is 0.165. The summed E-state index contributed by atoms with van der Waals surface area (Å²) in [4.78, 5) is 18.2. The molecule has 3 heteroatoms. The Morgan fingerprint density at radius 1 is 1.32 bits per heavy atom. The first kappa shape index (κ1) is 12.2. The smallest absolute Gasteiger partial charge is 0.219 e. The van der Waals surface area contributed by atoms with Crippen LogP contribution < -0.4 is 0 Å². The fourth-order valence-electron chi connectivity index (χ4n) is 2.93. The molecule has 1 aromatic heterocycles. The van der Waals surface area contributed by atoms with Crippen molar-refractivity contribution in [1.82, 2.24) is 9.88 Å². The van der Waals surface area contributed by atoms with Crippen LogP contribution in [0.4, 0.5) is 0 Å². The van der Waals surface area contributed by atoms with Gasteiger partial charge in [-0.15, -0.1) is 0 Å². The Labute approximate surface area is 113 Å². The first-order valence-corrected chi connectivity index (χ1v) is 6.87. The average Bonchev–Trinajstić information content (AvgIpc) is 2.46. The number of nitrogens with zero attached hydrogens (tertiary/aromatic N) is 2. The summed E-state index contributed by atoms with van der Waals surface area (Å²) in [6.07, 6.45) is 5.26. The molecule has 0 N–H and O–H groups in total. The lowest BCUT2D eigenvalue weighted by atomic mass is 9.95. The number of amides is 1. The number of rotatable bonds is 1. The number of aromatic nitrogens is 1. The van der Waals surface area contributed by atoms with Crippen LogP contribution in [0.2, 0.25) is 0 Å². The van der Waals surface area contributed by atoms with Gasteiger partial charge in [-0.3, -0.25) is 9.78 Å². The molecule has 1 aliphatic rings. The number of para-hydroxylation sites is 1. The summed E-state index contributed by atoms with van der Waals surface area (Å²) in [5, 5.41) is 1.15. The highest BCUT2D eigenvalue weighted by Gasteiger charge is 2.26. The van der Waals surface area contributed by atoms with Crippen molar-refractivity contribution in [3.05, 3.63) is 42.1 Å². The van der Waals surface area contributed by atoms with E-state index in [-0.39, 0.29) is 11.9 Å². The summed E-state index contributed by atoms with van der Waals surface area (Å²) < 4.78 is 0. The van der Waals surface area contributed by atoms with Crippen LogP contribution in [-0.4, -0.2) is 22.3 Å². The van der Waals surface area contributed by atoms with Crippen molar-refractivity contribution in [2.24, 2.45) is 0 Å². The van der Waals surface area contributed by atoms with Gasteiger partial charge in [0.15, 0.2) is 0 Å². The van der Waals surface area contributed by atoms with Crippen LogP contribution in [0.3, 0.4) is 0 Å². The van der Waals surface area contributed by atoms with Gasteiger partial charge >= 0.3 is 0 Å². The Balaban J connectivity index is 1.99. The van der Waals surface area contributed by atoms with Crippen LogP contribution in [0.5, 0.6) is 0 Å². The molecular weight excluding hydrogens is 236 g/mol. The van der Waals surface area contributed by atoms with Crippen LogP contribution >= 0.6 is 0 Å². The van der Waals surface area contributed by atoms with E-state index in [4.69, 9.17) is 0 Å². The molecular formula is C16H18N2O. The Hall–Kier alpha value is -1.90. The molecule has 0 aliphatic carbocycles. The van der Waals surface area contributed by atoms with E-state index in [1.165, 1.54) is 6.42 Å². The molecule has 1 fully saturated rings. The minimum Gasteiger partial charge on any atom is -0.336 e. The number of benzene rings is 1. The first-order chi connectivity index (χ1) is 9.25. The number of carbonyl (C=O) groups is 1. The molecule has 2 aromatic rings. The molecule has 19 heavy (non-hydrogen) atoms. The van der Waals surface area contributed by atoms with E-state index in [9.17, 15) is 4.79 Å². The minimum atomic E-state index is 0.165. The standard InChI is InChI=1S/C16H18N2O/c1-12(19)18-9-5-4-8-16(18)14-10-13-6-2-3-7-15(13)17-11-14/h2-3,6-7,10-11,16H,4-5,8-9H2,1H3/t16-/m1/s1. The van der Waals surface area contributed by atoms with Gasteiger partial charge in [0.05, 0.1) is 11.6 Å². The molecule has 1 aromatic carbocycles. The van der Waals surface area contributed by atoms with Gasteiger partial charge in [-0.2, -0.15) is 0 Å². The van der Waals surface area contributed by atoms with Gasteiger partial charge in [0.2, 0.25) is 5.91 Å². The van der Waals surface area contributed by atoms with Gasteiger partial charge in [-0.25, -0.2) is 0 Å². The predicted molar refractivity (Wildman–Crippen MR) is 75.7 cm³/mol. The summed E-state index contributed by atoms with van der Waals surface area (Å²) in [6, 6.07) is 10.5. The zero-order valence-electron chi connectivity index (χ0n) is 11.2. The molecule has 1 saturated heterocycles. The lowest BCUT2D eigenvalue weighted by molar-refractivity contribution is -0.132. The van der Waals surface area contributed by atoms with E-state index < -0.39 is 0 Å². The summed E-state index contributed by atoms with van der Waals surface area (Å²) >= 11 is 0. The normalized spacial score (nSPS) is 19.6. The topological polar surface area (TPSA) is 33.2 Å². The fraction of sp³-hybridized carbons (Fsp3) is 0.375. The lowest BCUT2D eigenvalue weighted by Gasteiger charge is -2.35. The number of hydrogen-bond acceptors (Lipinski definition) is 2. The number of likely N-dealkylation sites (tertiary alicyclic amines) is 1. The first-order valence-electron chi connectivity index (χ1n) is 6.87. The number of carbonyl (C=O) groups excluding carboxylic acids is 1. The van der Waals surface area contributed by atoms with Gasteiger partial charge < -0.3 is 4.90 Å². The molecule has 1 atom stereocenters. The molecule has 98 valence electrons. The molecule has 1 amide bonds. The molecule has 3 rings (SSSR count). The Morgan fingerprint density at radius 2 is 2.16 bits per heavy atom. The van der Waals surface area contributed by atoms with E-state index in [1.807, 2.05) is 29.3 Å². The van der Waals surface area contributed by atoms with Gasteiger partial charge in [-0.1, -0.05) is 18.2 Å². The Bertz CT molecular complexity index is 608. The van der Waals surface area contributed by atoms with Crippen molar-refractivity contribution in [2.75, 3.05) is 6.54 Å². The molecule has 2 heterocycles. The Kier molecular flexibility index (Phi) is 3.20. The lowest BCUT2D eigenvalue weighted by Crippen LogP contribution is -2.36. The van der Waals surface area contributed by atoms with E-state index in [0.29, 0.717) is 0 Å². The van der Waals surface area contributed by atoms with Crippen LogP contribution in [0.15, 0.2) is 36.5 Å². The van der Waals surface area contributed by atoms with E-state index in [2.05, 4.69) is 17.1 Å². The summed E-state index contributed by atoms with van der Waals surface area (Å²) in [6.45, 7) is 2.53. The second kappa shape index (κ2) is 5.00. The largest absolute Gasteiger partial charge is 0.336 e. The highest BCUT2D eigenvalue weighted by atomic mass is 16.2. The second-order valence-electron chi connectivity index (χ2n) is 5.19. The molecule has 0 spiro atoms. The van der Waals surface area contributed by atoms with Gasteiger partial charge in [0.1, 0.15) is 0 Å². The monoisotopic (exact) mass is 254 g/mol. The highest BCUT2D eigenvalue weighted by molar-refractivity contribution is 5.79. The zero-order valence-corrected chi connectivity index (χ0v) is 11.2. The van der Waals surface area contributed by atoms with E-state index in [1.54, 1.807) is 6.92 Å². The maximum absolute atomic E-state index is 11.8. The third-order valence-corrected chi connectivity index (χ3v) is 3.90. The molecule has 0 saturated carbocycles.